The number of nitrogens with one attached hydrogen (secondary N) is 2. The third kappa shape index (κ3) is 4.10. The average Bonchev–Trinajstić information content (AvgIpc) is 2.49. The van der Waals surface area contributed by atoms with Gasteiger partial charge in [0.25, 0.3) is 5.91 Å². The molecule has 0 atom stereocenters. The fourth-order valence-electron chi connectivity index (χ4n) is 1.81. The normalized spacial score (nSPS) is 10.2. The zero-order chi connectivity index (χ0) is 15.2. The summed E-state index contributed by atoms with van der Waals surface area (Å²) < 4.78 is 0. The van der Waals surface area contributed by atoms with E-state index in [1.54, 1.807) is 31.3 Å². The topological polar surface area (TPSA) is 74.2 Å². The van der Waals surface area contributed by atoms with Gasteiger partial charge in [-0.3, -0.25) is 4.79 Å². The van der Waals surface area contributed by atoms with E-state index >= 15 is 0 Å². The molecule has 2 aromatic rings. The van der Waals surface area contributed by atoms with Gasteiger partial charge < -0.3 is 15.7 Å². The summed E-state index contributed by atoms with van der Waals surface area (Å²) in [6, 6.07) is 10.2. The monoisotopic (exact) mass is 305 g/mol. The molecule has 0 aliphatic carbocycles. The van der Waals surface area contributed by atoms with Gasteiger partial charge in [0.15, 0.2) is 0 Å². The third-order valence-electron chi connectivity index (χ3n) is 2.95. The molecule has 0 unspecified atom stereocenters. The van der Waals surface area contributed by atoms with E-state index in [0.717, 1.165) is 5.56 Å². The summed E-state index contributed by atoms with van der Waals surface area (Å²) in [5.74, 6) is 0.501. The van der Waals surface area contributed by atoms with Crippen LogP contribution in [-0.4, -0.2) is 29.6 Å². The Labute approximate surface area is 128 Å². The van der Waals surface area contributed by atoms with Crippen molar-refractivity contribution < 1.29 is 9.90 Å². The number of hydrogen-bond acceptors (Lipinski definition) is 4. The molecule has 5 nitrogen and oxygen atoms in total. The van der Waals surface area contributed by atoms with Crippen molar-refractivity contribution in [2.75, 3.05) is 18.9 Å². The van der Waals surface area contributed by atoms with Gasteiger partial charge in [0.2, 0.25) is 0 Å². The standard InChI is InChI=1S/C15H16ClN3O2/c1-17-13-7-6-12(16)14(19-13)15(21)18-9-8-10-2-4-11(20)5-3-10/h2-7,20H,8-9H2,1H3,(H,17,19)(H,18,21). The number of aromatic hydroxyl groups is 1. The minimum Gasteiger partial charge on any atom is -0.508 e. The molecule has 1 heterocycles. The molecule has 1 amide bonds. The molecule has 1 aromatic carbocycles. The molecule has 1 aromatic heterocycles. The fourth-order valence-corrected chi connectivity index (χ4v) is 2.00. The number of pyridine rings is 1. The summed E-state index contributed by atoms with van der Waals surface area (Å²) in [5, 5.41) is 15.2. The minimum atomic E-state index is -0.309. The lowest BCUT2D eigenvalue weighted by Crippen LogP contribution is -2.27. The maximum absolute atomic E-state index is 12.1. The van der Waals surface area contributed by atoms with Crippen LogP contribution in [0.4, 0.5) is 5.82 Å². The van der Waals surface area contributed by atoms with Crippen LogP contribution in [0, 0.1) is 0 Å². The summed E-state index contributed by atoms with van der Waals surface area (Å²) in [5.41, 5.74) is 1.23. The number of rotatable bonds is 5. The van der Waals surface area contributed by atoms with E-state index in [4.69, 9.17) is 11.6 Å². The van der Waals surface area contributed by atoms with Crippen LogP contribution < -0.4 is 10.6 Å². The Bertz CT molecular complexity index is 629. The molecule has 0 saturated carbocycles. The molecule has 6 heteroatoms. The zero-order valence-electron chi connectivity index (χ0n) is 11.6. The minimum absolute atomic E-state index is 0.203. The number of halogens is 1. The maximum atomic E-state index is 12.1. The Morgan fingerprint density at radius 3 is 2.62 bits per heavy atom. The molecule has 3 N–H and O–H groups in total. The number of aromatic nitrogens is 1. The van der Waals surface area contributed by atoms with Gasteiger partial charge in [-0.25, -0.2) is 4.98 Å². The first-order valence-corrected chi connectivity index (χ1v) is 6.88. The molecular formula is C15H16ClN3O2. The van der Waals surface area contributed by atoms with Crippen molar-refractivity contribution in [3.8, 4) is 5.75 Å². The van der Waals surface area contributed by atoms with E-state index in [2.05, 4.69) is 15.6 Å². The molecule has 2 rings (SSSR count). The van der Waals surface area contributed by atoms with Crippen LogP contribution in [0.15, 0.2) is 36.4 Å². The van der Waals surface area contributed by atoms with Gasteiger partial charge >= 0.3 is 0 Å². The first-order valence-electron chi connectivity index (χ1n) is 6.50. The highest BCUT2D eigenvalue weighted by molar-refractivity contribution is 6.33. The van der Waals surface area contributed by atoms with E-state index < -0.39 is 0 Å². The van der Waals surface area contributed by atoms with Crippen molar-refractivity contribution in [3.63, 3.8) is 0 Å². The van der Waals surface area contributed by atoms with E-state index in [-0.39, 0.29) is 17.4 Å². The Morgan fingerprint density at radius 2 is 1.95 bits per heavy atom. The fraction of sp³-hybridized carbons (Fsp3) is 0.200. The number of hydrogen-bond donors (Lipinski definition) is 3. The summed E-state index contributed by atoms with van der Waals surface area (Å²) in [6.45, 7) is 0.464. The number of nitrogens with zero attached hydrogens (tertiary/aromatic N) is 1. The molecule has 21 heavy (non-hydrogen) atoms. The van der Waals surface area contributed by atoms with E-state index in [9.17, 15) is 9.90 Å². The molecule has 0 bridgehead atoms. The van der Waals surface area contributed by atoms with Crippen molar-refractivity contribution in [2.24, 2.45) is 0 Å². The average molecular weight is 306 g/mol. The van der Waals surface area contributed by atoms with Crippen LogP contribution in [0.25, 0.3) is 0 Å². The molecule has 0 radical (unpaired) electrons. The molecule has 0 aliphatic rings. The number of benzene rings is 1. The second kappa shape index (κ2) is 6.95. The predicted molar refractivity (Wildman–Crippen MR) is 82.9 cm³/mol. The van der Waals surface area contributed by atoms with Crippen LogP contribution in [0.3, 0.4) is 0 Å². The van der Waals surface area contributed by atoms with Crippen molar-refractivity contribution in [2.45, 2.75) is 6.42 Å². The van der Waals surface area contributed by atoms with Gasteiger partial charge in [-0.1, -0.05) is 23.7 Å². The van der Waals surface area contributed by atoms with Crippen LogP contribution in [-0.2, 0) is 6.42 Å². The Kier molecular flexibility index (Phi) is 5.00. The van der Waals surface area contributed by atoms with E-state index in [1.807, 2.05) is 12.1 Å². The van der Waals surface area contributed by atoms with Gasteiger partial charge in [0.05, 0.1) is 5.02 Å². The molecule has 0 spiro atoms. The Morgan fingerprint density at radius 1 is 1.24 bits per heavy atom. The van der Waals surface area contributed by atoms with Crippen LogP contribution in [0.1, 0.15) is 16.1 Å². The lowest BCUT2D eigenvalue weighted by molar-refractivity contribution is 0.0949. The Hall–Kier alpha value is -2.27. The highest BCUT2D eigenvalue weighted by Gasteiger charge is 2.12. The SMILES string of the molecule is CNc1ccc(Cl)c(C(=O)NCCc2ccc(O)cc2)n1. The summed E-state index contributed by atoms with van der Waals surface area (Å²) >= 11 is 5.98. The molecular weight excluding hydrogens is 290 g/mol. The van der Waals surface area contributed by atoms with E-state index in [0.29, 0.717) is 23.8 Å². The van der Waals surface area contributed by atoms with Gasteiger partial charge in [0, 0.05) is 13.6 Å². The quantitative estimate of drug-likeness (QED) is 0.793. The van der Waals surface area contributed by atoms with Crippen LogP contribution in [0.5, 0.6) is 5.75 Å². The molecule has 0 aliphatic heterocycles. The van der Waals surface area contributed by atoms with Crippen molar-refractivity contribution in [1.82, 2.24) is 10.3 Å². The number of amides is 1. The first-order chi connectivity index (χ1) is 10.1. The third-order valence-corrected chi connectivity index (χ3v) is 3.26. The van der Waals surface area contributed by atoms with Crippen LogP contribution in [0.2, 0.25) is 5.02 Å². The highest BCUT2D eigenvalue weighted by atomic mass is 35.5. The lowest BCUT2D eigenvalue weighted by atomic mass is 10.1. The largest absolute Gasteiger partial charge is 0.508 e. The summed E-state index contributed by atoms with van der Waals surface area (Å²) in [7, 11) is 1.72. The number of phenols is 1. The smallest absolute Gasteiger partial charge is 0.271 e. The van der Waals surface area contributed by atoms with Gasteiger partial charge in [-0.05, 0) is 36.2 Å². The Balaban J connectivity index is 1.94. The maximum Gasteiger partial charge on any atom is 0.271 e. The second-order valence-electron chi connectivity index (χ2n) is 4.45. The lowest BCUT2D eigenvalue weighted by Gasteiger charge is -2.08. The summed E-state index contributed by atoms with van der Waals surface area (Å²) in [6.07, 6.45) is 0.662. The van der Waals surface area contributed by atoms with Crippen molar-refractivity contribution in [3.05, 3.63) is 52.7 Å². The van der Waals surface area contributed by atoms with Gasteiger partial charge in [-0.2, -0.15) is 0 Å². The van der Waals surface area contributed by atoms with Crippen molar-refractivity contribution >= 4 is 23.3 Å². The molecule has 0 fully saturated rings. The van der Waals surface area contributed by atoms with Gasteiger partial charge in [-0.15, -0.1) is 0 Å². The number of anilines is 1. The first kappa shape index (κ1) is 15.1. The van der Waals surface area contributed by atoms with E-state index in [1.165, 1.54) is 0 Å². The highest BCUT2D eigenvalue weighted by Crippen LogP contribution is 2.16. The number of carbonyl (C=O) groups is 1. The molecule has 110 valence electrons. The zero-order valence-corrected chi connectivity index (χ0v) is 12.3. The second-order valence-corrected chi connectivity index (χ2v) is 4.86. The predicted octanol–water partition coefficient (Wildman–Crippen LogP) is 2.45. The van der Waals surface area contributed by atoms with Crippen molar-refractivity contribution in [1.29, 1.82) is 0 Å². The number of carbonyl (C=O) groups excluding carboxylic acids is 1. The summed E-state index contributed by atoms with van der Waals surface area (Å²) in [4.78, 5) is 16.2. The van der Waals surface area contributed by atoms with Gasteiger partial charge in [0.1, 0.15) is 17.3 Å². The van der Waals surface area contributed by atoms with Crippen LogP contribution >= 0.6 is 11.6 Å². The number of phenolic OH excluding ortho intramolecular Hbond substituents is 1. The molecule has 0 saturated heterocycles.